The minimum absolute atomic E-state index is 0.134. The van der Waals surface area contributed by atoms with E-state index in [4.69, 9.17) is 16.3 Å². The van der Waals surface area contributed by atoms with E-state index in [0.29, 0.717) is 29.3 Å². The van der Waals surface area contributed by atoms with Gasteiger partial charge in [0.25, 0.3) is 0 Å². The Morgan fingerprint density at radius 3 is 2.52 bits per heavy atom. The molecule has 2 aromatic rings. The van der Waals surface area contributed by atoms with Gasteiger partial charge in [-0.1, -0.05) is 30.7 Å². The molecule has 1 aromatic carbocycles. The molecule has 122 valence electrons. The third kappa shape index (κ3) is 3.64. The van der Waals surface area contributed by atoms with E-state index in [9.17, 15) is 9.59 Å². The summed E-state index contributed by atoms with van der Waals surface area (Å²) in [4.78, 5) is 24.6. The van der Waals surface area contributed by atoms with Crippen molar-refractivity contribution in [1.82, 2.24) is 4.57 Å². The number of carbonyl (C=O) groups is 2. The summed E-state index contributed by atoms with van der Waals surface area (Å²) in [5.74, 6) is -0.433. The van der Waals surface area contributed by atoms with E-state index in [2.05, 4.69) is 0 Å². The lowest BCUT2D eigenvalue weighted by atomic mass is 10.0. The molecule has 0 fully saturated rings. The zero-order valence-electron chi connectivity index (χ0n) is 13.6. The normalized spacial score (nSPS) is 10.6. The van der Waals surface area contributed by atoms with Crippen LogP contribution in [0.4, 0.5) is 0 Å². The van der Waals surface area contributed by atoms with Gasteiger partial charge in [-0.3, -0.25) is 9.59 Å². The minimum atomic E-state index is -0.299. The number of halogens is 1. The predicted molar refractivity (Wildman–Crippen MR) is 90.0 cm³/mol. The Hall–Kier alpha value is -2.07. The van der Waals surface area contributed by atoms with Crippen LogP contribution >= 0.6 is 11.6 Å². The monoisotopic (exact) mass is 333 g/mol. The molecule has 0 radical (unpaired) electrons. The molecule has 0 unspecified atom stereocenters. The first-order valence-electron chi connectivity index (χ1n) is 7.61. The molecule has 0 saturated heterocycles. The first-order chi connectivity index (χ1) is 11.0. The molecule has 23 heavy (non-hydrogen) atoms. The van der Waals surface area contributed by atoms with E-state index >= 15 is 0 Å². The number of ketones is 1. The zero-order valence-corrected chi connectivity index (χ0v) is 14.3. The van der Waals surface area contributed by atoms with Crippen molar-refractivity contribution in [3.8, 4) is 0 Å². The van der Waals surface area contributed by atoms with Crippen molar-refractivity contribution < 1.29 is 14.3 Å². The molecule has 0 spiro atoms. The third-order valence-electron chi connectivity index (χ3n) is 3.76. The first-order valence-corrected chi connectivity index (χ1v) is 7.99. The van der Waals surface area contributed by atoms with Gasteiger partial charge in [0, 0.05) is 18.3 Å². The van der Waals surface area contributed by atoms with Gasteiger partial charge in [-0.25, -0.2) is 0 Å². The van der Waals surface area contributed by atoms with Gasteiger partial charge in [-0.05, 0) is 37.1 Å². The second-order valence-corrected chi connectivity index (χ2v) is 5.62. The number of aryl methyl sites for hydroxylation is 1. The third-order valence-corrected chi connectivity index (χ3v) is 4.09. The first kappa shape index (κ1) is 17.3. The summed E-state index contributed by atoms with van der Waals surface area (Å²) < 4.78 is 6.75. The predicted octanol–water partition coefficient (Wildman–Crippen LogP) is 3.58. The summed E-state index contributed by atoms with van der Waals surface area (Å²) >= 11 is 6.15. The molecule has 5 heteroatoms. The van der Waals surface area contributed by atoms with Crippen LogP contribution in [0.15, 0.2) is 30.3 Å². The standard InChI is InChI=1S/C18H20ClNO3/c1-4-12-10-13(11-16(21)23-5-2)20(3)17(12)18(22)14-8-6-7-9-15(14)19/h6-10H,4-5,11H2,1-3H3. The molecule has 0 bridgehead atoms. The Kier molecular flexibility index (Phi) is 5.61. The number of aromatic nitrogens is 1. The fraction of sp³-hybridized carbons (Fsp3) is 0.333. The molecule has 0 amide bonds. The van der Waals surface area contributed by atoms with Gasteiger partial charge in [-0.2, -0.15) is 0 Å². The highest BCUT2D eigenvalue weighted by molar-refractivity contribution is 6.34. The van der Waals surface area contributed by atoms with Gasteiger partial charge in [0.1, 0.15) is 0 Å². The number of carbonyl (C=O) groups excluding carboxylic acids is 2. The highest BCUT2D eigenvalue weighted by Gasteiger charge is 2.22. The molecule has 1 heterocycles. The summed E-state index contributed by atoms with van der Waals surface area (Å²) in [7, 11) is 1.79. The maximum absolute atomic E-state index is 12.9. The minimum Gasteiger partial charge on any atom is -0.466 e. The molecule has 4 nitrogen and oxygen atoms in total. The van der Waals surface area contributed by atoms with Crippen molar-refractivity contribution in [2.75, 3.05) is 6.61 Å². The van der Waals surface area contributed by atoms with E-state index in [1.165, 1.54) is 0 Å². The average Bonchev–Trinajstić information content (AvgIpc) is 2.83. The molecule has 0 N–H and O–H groups in total. The molecule has 0 aliphatic rings. The second-order valence-electron chi connectivity index (χ2n) is 5.21. The largest absolute Gasteiger partial charge is 0.466 e. The Morgan fingerprint density at radius 1 is 1.22 bits per heavy atom. The highest BCUT2D eigenvalue weighted by atomic mass is 35.5. The maximum Gasteiger partial charge on any atom is 0.311 e. The number of nitrogens with zero attached hydrogens (tertiary/aromatic N) is 1. The van der Waals surface area contributed by atoms with Crippen LogP contribution < -0.4 is 0 Å². The molecule has 0 aliphatic heterocycles. The average molecular weight is 334 g/mol. The number of esters is 1. The van der Waals surface area contributed by atoms with Crippen LogP contribution in [0, 0.1) is 0 Å². The van der Waals surface area contributed by atoms with E-state index in [1.54, 1.807) is 42.8 Å². The SMILES string of the molecule is CCOC(=O)Cc1cc(CC)c(C(=O)c2ccccc2Cl)n1C. The fourth-order valence-corrected chi connectivity index (χ4v) is 2.82. The van der Waals surface area contributed by atoms with Crippen molar-refractivity contribution in [2.45, 2.75) is 26.7 Å². The van der Waals surface area contributed by atoms with Gasteiger partial charge in [0.05, 0.1) is 23.7 Å². The van der Waals surface area contributed by atoms with E-state index in [0.717, 1.165) is 11.3 Å². The summed E-state index contributed by atoms with van der Waals surface area (Å²) in [6.07, 6.45) is 0.843. The number of hydrogen-bond donors (Lipinski definition) is 0. The lowest BCUT2D eigenvalue weighted by Gasteiger charge is -2.09. The Labute approximate surface area is 141 Å². The van der Waals surface area contributed by atoms with E-state index < -0.39 is 0 Å². The quantitative estimate of drug-likeness (QED) is 0.599. The van der Waals surface area contributed by atoms with Crippen LogP contribution in [0.3, 0.4) is 0 Å². The lowest BCUT2D eigenvalue weighted by molar-refractivity contribution is -0.142. The Bertz CT molecular complexity index is 734. The van der Waals surface area contributed by atoms with Gasteiger partial charge in [0.15, 0.2) is 0 Å². The molecule has 1 aromatic heterocycles. The van der Waals surface area contributed by atoms with Gasteiger partial charge >= 0.3 is 5.97 Å². The van der Waals surface area contributed by atoms with Crippen LogP contribution in [0.2, 0.25) is 5.02 Å². The smallest absolute Gasteiger partial charge is 0.311 e. The zero-order chi connectivity index (χ0) is 17.0. The van der Waals surface area contributed by atoms with Crippen LogP contribution in [0.5, 0.6) is 0 Å². The van der Waals surface area contributed by atoms with Crippen molar-refractivity contribution >= 4 is 23.4 Å². The molecular weight excluding hydrogens is 314 g/mol. The van der Waals surface area contributed by atoms with E-state index in [1.807, 2.05) is 13.0 Å². The number of rotatable bonds is 6. The topological polar surface area (TPSA) is 48.3 Å². The van der Waals surface area contributed by atoms with Crippen LogP contribution in [-0.4, -0.2) is 22.9 Å². The second kappa shape index (κ2) is 7.47. The van der Waals surface area contributed by atoms with Crippen molar-refractivity contribution in [2.24, 2.45) is 7.05 Å². The molecule has 2 rings (SSSR count). The summed E-state index contributed by atoms with van der Waals surface area (Å²) in [5.41, 5.74) is 2.69. The molecule has 0 atom stereocenters. The Balaban J connectivity index is 2.42. The maximum atomic E-state index is 12.9. The van der Waals surface area contributed by atoms with Gasteiger partial charge in [-0.15, -0.1) is 0 Å². The van der Waals surface area contributed by atoms with Gasteiger partial charge < -0.3 is 9.30 Å². The lowest BCUT2D eigenvalue weighted by Crippen LogP contribution is -2.14. The highest BCUT2D eigenvalue weighted by Crippen LogP contribution is 2.24. The summed E-state index contributed by atoms with van der Waals surface area (Å²) in [5, 5.41) is 0.424. The van der Waals surface area contributed by atoms with Crippen molar-refractivity contribution in [3.63, 3.8) is 0 Å². The molecule has 0 saturated carbocycles. The number of benzene rings is 1. The molecular formula is C18H20ClNO3. The summed E-state index contributed by atoms with van der Waals surface area (Å²) in [6.45, 7) is 4.09. The van der Waals surface area contributed by atoms with E-state index in [-0.39, 0.29) is 18.2 Å². The number of hydrogen-bond acceptors (Lipinski definition) is 3. The summed E-state index contributed by atoms with van der Waals surface area (Å²) in [6, 6.07) is 8.87. The van der Waals surface area contributed by atoms with Crippen LogP contribution in [-0.2, 0) is 29.4 Å². The number of ether oxygens (including phenoxy) is 1. The van der Waals surface area contributed by atoms with Gasteiger partial charge in [0.2, 0.25) is 5.78 Å². The van der Waals surface area contributed by atoms with Crippen LogP contribution in [0.25, 0.3) is 0 Å². The molecule has 0 aliphatic carbocycles. The van der Waals surface area contributed by atoms with Crippen molar-refractivity contribution in [1.29, 1.82) is 0 Å². The Morgan fingerprint density at radius 2 is 1.91 bits per heavy atom. The van der Waals surface area contributed by atoms with Crippen LogP contribution in [0.1, 0.15) is 41.2 Å². The fourth-order valence-electron chi connectivity index (χ4n) is 2.60. The van der Waals surface area contributed by atoms with Crippen molar-refractivity contribution in [3.05, 3.63) is 57.9 Å².